The third kappa shape index (κ3) is 3.80. The molecule has 1 aromatic heterocycles. The predicted molar refractivity (Wildman–Crippen MR) is 125 cm³/mol. The van der Waals surface area contributed by atoms with E-state index in [0.29, 0.717) is 23.9 Å². The fraction of sp³-hybridized carbons (Fsp3) is 0.346. The van der Waals surface area contributed by atoms with Crippen LogP contribution in [0.5, 0.6) is 0 Å². The lowest BCUT2D eigenvalue weighted by Gasteiger charge is -2.24. The topological polar surface area (TPSA) is 48.7 Å². The monoisotopic (exact) mass is 415 g/mol. The molecular weight excluding hydrogens is 386 g/mol. The van der Waals surface area contributed by atoms with Crippen LogP contribution in [-0.2, 0) is 13.0 Å². The summed E-state index contributed by atoms with van der Waals surface area (Å²) in [6.45, 7) is 7.14. The van der Waals surface area contributed by atoms with Crippen LogP contribution in [0.3, 0.4) is 0 Å². The number of carbonyl (C=O) groups is 1. The number of fused-ring (bicyclic) bond motifs is 1. The van der Waals surface area contributed by atoms with E-state index in [1.165, 1.54) is 35.3 Å². The molecule has 2 aromatic carbocycles. The number of hydrogen-bond donors (Lipinski definition) is 1. The third-order valence-electron chi connectivity index (χ3n) is 6.55. The first-order valence-electron chi connectivity index (χ1n) is 11.2. The molecule has 1 N–H and O–H groups in total. The first-order valence-corrected chi connectivity index (χ1v) is 11.2. The van der Waals surface area contributed by atoms with Gasteiger partial charge in [-0.25, -0.2) is 0 Å². The van der Waals surface area contributed by atoms with Gasteiger partial charge in [0.15, 0.2) is 0 Å². The Bertz CT molecular complexity index is 1100. The molecule has 0 spiro atoms. The van der Waals surface area contributed by atoms with Crippen LogP contribution in [0.1, 0.15) is 47.0 Å². The Morgan fingerprint density at radius 1 is 1.10 bits per heavy atom. The highest BCUT2D eigenvalue weighted by atomic mass is 16.3. The van der Waals surface area contributed by atoms with Gasteiger partial charge in [0.25, 0.3) is 5.91 Å². The largest absolute Gasteiger partial charge is 0.467 e. The molecule has 1 unspecified atom stereocenters. The number of benzene rings is 2. The second-order valence-electron chi connectivity index (χ2n) is 8.72. The number of amides is 1. The van der Waals surface area contributed by atoms with Crippen molar-refractivity contribution in [2.24, 2.45) is 0 Å². The molecule has 0 aliphatic carbocycles. The molecule has 1 amide bonds. The Morgan fingerprint density at radius 3 is 2.71 bits per heavy atom. The zero-order chi connectivity index (χ0) is 21.4. The fourth-order valence-corrected chi connectivity index (χ4v) is 4.94. The maximum absolute atomic E-state index is 13.0. The van der Waals surface area contributed by atoms with E-state index in [-0.39, 0.29) is 5.91 Å². The molecule has 0 bridgehead atoms. The van der Waals surface area contributed by atoms with E-state index >= 15 is 0 Å². The van der Waals surface area contributed by atoms with Crippen LogP contribution in [0.25, 0.3) is 0 Å². The van der Waals surface area contributed by atoms with Crippen molar-refractivity contribution >= 4 is 23.0 Å². The zero-order valence-electron chi connectivity index (χ0n) is 18.2. The highest BCUT2D eigenvalue weighted by molar-refractivity contribution is 6.05. The van der Waals surface area contributed by atoms with Gasteiger partial charge in [-0.3, -0.25) is 4.79 Å². The average molecular weight is 416 g/mol. The van der Waals surface area contributed by atoms with Crippen LogP contribution in [0, 0.1) is 6.92 Å². The van der Waals surface area contributed by atoms with Gasteiger partial charge in [-0.2, -0.15) is 0 Å². The number of nitrogens with one attached hydrogen (secondary N) is 1. The van der Waals surface area contributed by atoms with Gasteiger partial charge >= 0.3 is 0 Å². The number of anilines is 3. The average Bonchev–Trinajstić information content (AvgIpc) is 3.50. The summed E-state index contributed by atoms with van der Waals surface area (Å²) in [5.41, 5.74) is 6.44. The van der Waals surface area contributed by atoms with Crippen LogP contribution < -0.4 is 15.1 Å². The number of carbonyl (C=O) groups excluding carboxylic acids is 1. The molecule has 5 rings (SSSR count). The van der Waals surface area contributed by atoms with E-state index in [2.05, 4.69) is 65.4 Å². The summed E-state index contributed by atoms with van der Waals surface area (Å²) < 4.78 is 5.75. The molecule has 160 valence electrons. The van der Waals surface area contributed by atoms with Crippen LogP contribution in [0.15, 0.2) is 59.2 Å². The van der Waals surface area contributed by atoms with E-state index in [1.54, 1.807) is 12.3 Å². The van der Waals surface area contributed by atoms with Crippen LogP contribution in [0.4, 0.5) is 17.1 Å². The smallest absolute Gasteiger partial charge is 0.259 e. The molecule has 5 heteroatoms. The van der Waals surface area contributed by atoms with Crippen molar-refractivity contribution in [2.75, 3.05) is 28.2 Å². The Balaban J connectivity index is 1.32. The van der Waals surface area contributed by atoms with Gasteiger partial charge in [-0.05, 0) is 74.6 Å². The second-order valence-corrected chi connectivity index (χ2v) is 8.72. The quantitative estimate of drug-likeness (QED) is 0.607. The minimum Gasteiger partial charge on any atom is -0.467 e. The zero-order valence-corrected chi connectivity index (χ0v) is 18.2. The fourth-order valence-electron chi connectivity index (χ4n) is 4.94. The van der Waals surface area contributed by atoms with Gasteiger partial charge in [-0.15, -0.1) is 0 Å². The van der Waals surface area contributed by atoms with Crippen molar-refractivity contribution in [1.29, 1.82) is 0 Å². The normalized spacial score (nSPS) is 17.8. The van der Waals surface area contributed by atoms with Crippen molar-refractivity contribution in [3.63, 3.8) is 0 Å². The summed E-state index contributed by atoms with van der Waals surface area (Å²) in [7, 11) is 0. The Morgan fingerprint density at radius 2 is 1.90 bits per heavy atom. The number of nitrogens with zero attached hydrogens (tertiary/aromatic N) is 2. The molecule has 3 aromatic rings. The molecule has 1 fully saturated rings. The van der Waals surface area contributed by atoms with Crippen LogP contribution >= 0.6 is 0 Å². The summed E-state index contributed by atoms with van der Waals surface area (Å²) in [5.74, 6) is 0.573. The lowest BCUT2D eigenvalue weighted by Crippen LogP contribution is -2.29. The van der Waals surface area contributed by atoms with Gasteiger partial charge in [-0.1, -0.05) is 18.2 Å². The SMILES string of the molecule is Cc1cc(NC(=O)c2ccoc2CN2c3ccccc3CC2C)ccc1N1CCCC1. The van der Waals surface area contributed by atoms with E-state index < -0.39 is 0 Å². The number of aryl methyl sites for hydroxylation is 1. The molecule has 0 radical (unpaired) electrons. The van der Waals surface area contributed by atoms with Crippen molar-refractivity contribution in [1.82, 2.24) is 0 Å². The first kappa shape index (κ1) is 19.7. The Hall–Kier alpha value is -3.21. The van der Waals surface area contributed by atoms with Gasteiger partial charge in [0.1, 0.15) is 5.76 Å². The van der Waals surface area contributed by atoms with Crippen LogP contribution in [0.2, 0.25) is 0 Å². The maximum Gasteiger partial charge on any atom is 0.259 e. The molecule has 3 heterocycles. The minimum atomic E-state index is -0.128. The summed E-state index contributed by atoms with van der Waals surface area (Å²) in [6.07, 6.45) is 5.13. The van der Waals surface area contributed by atoms with Crippen molar-refractivity contribution in [3.05, 3.63) is 77.2 Å². The summed E-state index contributed by atoms with van der Waals surface area (Å²) >= 11 is 0. The Kier molecular flexibility index (Phi) is 5.18. The maximum atomic E-state index is 13.0. The van der Waals surface area contributed by atoms with Gasteiger partial charge < -0.3 is 19.5 Å². The molecule has 2 aliphatic heterocycles. The molecule has 0 saturated carbocycles. The predicted octanol–water partition coefficient (Wildman–Crippen LogP) is 5.39. The van der Waals surface area contributed by atoms with Gasteiger partial charge in [0, 0.05) is 36.2 Å². The van der Waals surface area contributed by atoms with E-state index in [0.717, 1.165) is 25.2 Å². The number of para-hydroxylation sites is 1. The lowest BCUT2D eigenvalue weighted by atomic mass is 10.1. The molecule has 2 aliphatic rings. The van der Waals surface area contributed by atoms with E-state index in [9.17, 15) is 4.79 Å². The molecule has 1 saturated heterocycles. The first-order chi connectivity index (χ1) is 15.1. The van der Waals surface area contributed by atoms with Gasteiger partial charge in [0.2, 0.25) is 0 Å². The van der Waals surface area contributed by atoms with Crippen molar-refractivity contribution in [2.45, 2.75) is 45.7 Å². The van der Waals surface area contributed by atoms with Crippen molar-refractivity contribution in [3.8, 4) is 0 Å². The Labute approximate surface area is 183 Å². The summed E-state index contributed by atoms with van der Waals surface area (Å²) in [5, 5.41) is 3.06. The van der Waals surface area contributed by atoms with E-state index in [4.69, 9.17) is 4.42 Å². The highest BCUT2D eigenvalue weighted by Gasteiger charge is 2.28. The molecule has 1 atom stereocenters. The number of hydrogen-bond acceptors (Lipinski definition) is 4. The van der Waals surface area contributed by atoms with E-state index in [1.807, 2.05) is 6.07 Å². The number of rotatable bonds is 5. The summed E-state index contributed by atoms with van der Waals surface area (Å²) in [4.78, 5) is 17.8. The van der Waals surface area contributed by atoms with Crippen molar-refractivity contribution < 1.29 is 9.21 Å². The highest BCUT2D eigenvalue weighted by Crippen LogP contribution is 2.34. The molecule has 5 nitrogen and oxygen atoms in total. The lowest BCUT2D eigenvalue weighted by molar-refractivity contribution is 0.102. The third-order valence-corrected chi connectivity index (χ3v) is 6.55. The minimum absolute atomic E-state index is 0.128. The number of furan rings is 1. The second kappa shape index (κ2) is 8.14. The standard InChI is InChI=1S/C26H29N3O2/c1-18-15-21(9-10-23(18)28-12-5-6-13-28)27-26(30)22-11-14-31-25(22)17-29-19(2)16-20-7-3-4-8-24(20)29/h3-4,7-11,14-15,19H,5-6,12-13,16-17H2,1-2H3,(H,27,30). The summed E-state index contributed by atoms with van der Waals surface area (Å²) in [6, 6.07) is 16.8. The van der Waals surface area contributed by atoms with Crippen LogP contribution in [-0.4, -0.2) is 25.0 Å². The molecule has 31 heavy (non-hydrogen) atoms. The molecular formula is C26H29N3O2. The van der Waals surface area contributed by atoms with Gasteiger partial charge in [0.05, 0.1) is 18.4 Å².